The van der Waals surface area contributed by atoms with Gasteiger partial charge in [-0.25, -0.2) is 0 Å². The largest absolute Gasteiger partial charge is 0.388 e. The zero-order valence-corrected chi connectivity index (χ0v) is 13.4. The van der Waals surface area contributed by atoms with E-state index in [-0.39, 0.29) is 5.92 Å². The molecule has 0 spiro atoms. The third kappa shape index (κ3) is 3.66. The molecule has 0 amide bonds. The number of halogens is 2. The average Bonchev–Trinajstić information content (AvgIpc) is 2.39. The summed E-state index contributed by atoms with van der Waals surface area (Å²) in [6.45, 7) is 0.398. The third-order valence-electron chi connectivity index (χ3n) is 3.09. The van der Waals surface area contributed by atoms with Crippen LogP contribution in [0.5, 0.6) is 0 Å². The first-order valence-corrected chi connectivity index (χ1v) is 7.59. The third-order valence-corrected chi connectivity index (χ3v) is 4.00. The van der Waals surface area contributed by atoms with Crippen LogP contribution in [0.4, 0.5) is 0 Å². The summed E-state index contributed by atoms with van der Waals surface area (Å²) in [7, 11) is 0. The molecule has 100 valence electrons. The molecule has 2 aromatic rings. The van der Waals surface area contributed by atoms with Gasteiger partial charge in [0.1, 0.15) is 0 Å². The highest BCUT2D eigenvalue weighted by Crippen LogP contribution is 2.33. The topological polar surface area (TPSA) is 46.2 Å². The van der Waals surface area contributed by atoms with Crippen LogP contribution in [-0.2, 0) is 0 Å². The highest BCUT2D eigenvalue weighted by molar-refractivity contribution is 9.11. The minimum Gasteiger partial charge on any atom is -0.388 e. The van der Waals surface area contributed by atoms with E-state index in [4.69, 9.17) is 5.73 Å². The van der Waals surface area contributed by atoms with Gasteiger partial charge < -0.3 is 10.8 Å². The maximum atomic E-state index is 10.6. The summed E-state index contributed by atoms with van der Waals surface area (Å²) in [4.78, 5) is 0. The maximum Gasteiger partial charge on any atom is 0.0871 e. The van der Waals surface area contributed by atoms with Crippen molar-refractivity contribution in [3.05, 3.63) is 68.6 Å². The lowest BCUT2D eigenvalue weighted by Gasteiger charge is -2.22. The molecule has 2 atom stereocenters. The van der Waals surface area contributed by atoms with Crippen LogP contribution < -0.4 is 5.73 Å². The lowest BCUT2D eigenvalue weighted by atomic mass is 9.89. The minimum absolute atomic E-state index is 0.109. The van der Waals surface area contributed by atoms with Crippen LogP contribution in [-0.4, -0.2) is 11.7 Å². The van der Waals surface area contributed by atoms with Gasteiger partial charge in [-0.15, -0.1) is 0 Å². The molecule has 0 aliphatic heterocycles. The molecule has 2 rings (SSSR count). The van der Waals surface area contributed by atoms with Crippen LogP contribution in [0.25, 0.3) is 0 Å². The highest BCUT2D eigenvalue weighted by atomic mass is 79.9. The van der Waals surface area contributed by atoms with Crippen molar-refractivity contribution in [1.82, 2.24) is 0 Å². The molecule has 0 heterocycles. The summed E-state index contributed by atoms with van der Waals surface area (Å²) in [6.07, 6.45) is -0.624. The Morgan fingerprint density at radius 2 is 1.53 bits per heavy atom. The number of benzene rings is 2. The van der Waals surface area contributed by atoms with Gasteiger partial charge in [0.05, 0.1) is 6.10 Å². The van der Waals surface area contributed by atoms with Crippen LogP contribution in [0.15, 0.2) is 57.5 Å². The van der Waals surface area contributed by atoms with Gasteiger partial charge in [0, 0.05) is 21.4 Å². The molecule has 0 fully saturated rings. The summed E-state index contributed by atoms with van der Waals surface area (Å²) in [5, 5.41) is 10.6. The molecule has 0 aromatic heterocycles. The molecule has 0 bridgehead atoms. The van der Waals surface area contributed by atoms with Gasteiger partial charge in [-0.2, -0.15) is 0 Å². The van der Waals surface area contributed by atoms with Gasteiger partial charge in [0.15, 0.2) is 0 Å². The number of hydrogen-bond donors (Lipinski definition) is 2. The van der Waals surface area contributed by atoms with E-state index >= 15 is 0 Å². The number of hydrogen-bond acceptors (Lipinski definition) is 2. The summed E-state index contributed by atoms with van der Waals surface area (Å²) in [5.41, 5.74) is 7.73. The Morgan fingerprint density at radius 3 is 2.05 bits per heavy atom. The van der Waals surface area contributed by atoms with Crippen molar-refractivity contribution in [2.45, 2.75) is 12.0 Å². The van der Waals surface area contributed by atoms with Crippen molar-refractivity contribution in [3.8, 4) is 0 Å². The Bertz CT molecular complexity index is 525. The maximum absolute atomic E-state index is 10.6. The van der Waals surface area contributed by atoms with Gasteiger partial charge in [0.2, 0.25) is 0 Å². The van der Waals surface area contributed by atoms with Crippen LogP contribution in [0.2, 0.25) is 0 Å². The fourth-order valence-corrected chi connectivity index (χ4v) is 3.45. The van der Waals surface area contributed by atoms with Gasteiger partial charge in [-0.05, 0) is 29.3 Å². The second kappa shape index (κ2) is 6.66. The smallest absolute Gasteiger partial charge is 0.0871 e. The monoisotopic (exact) mass is 383 g/mol. The number of aliphatic hydroxyl groups is 1. The Kier molecular flexibility index (Phi) is 5.16. The Labute approximate surface area is 129 Å². The Hall–Kier alpha value is -0.680. The normalized spacial score (nSPS) is 14.1. The SMILES string of the molecule is NCC(c1ccccc1)C(O)c1cc(Br)cc(Br)c1. The molecule has 4 heteroatoms. The van der Waals surface area contributed by atoms with Crippen molar-refractivity contribution in [3.63, 3.8) is 0 Å². The minimum atomic E-state index is -0.624. The van der Waals surface area contributed by atoms with Crippen LogP contribution in [0.1, 0.15) is 23.1 Å². The quantitative estimate of drug-likeness (QED) is 0.837. The average molecular weight is 385 g/mol. The second-order valence-electron chi connectivity index (χ2n) is 4.40. The molecule has 2 nitrogen and oxygen atoms in total. The molecule has 0 saturated heterocycles. The molecular weight excluding hydrogens is 370 g/mol. The van der Waals surface area contributed by atoms with E-state index < -0.39 is 6.10 Å². The Morgan fingerprint density at radius 1 is 0.947 bits per heavy atom. The molecular formula is C15H15Br2NO. The number of nitrogens with two attached hydrogens (primary N) is 1. The summed E-state index contributed by atoms with van der Waals surface area (Å²) in [6, 6.07) is 15.6. The summed E-state index contributed by atoms with van der Waals surface area (Å²) >= 11 is 6.87. The van der Waals surface area contributed by atoms with Crippen LogP contribution in [0.3, 0.4) is 0 Å². The summed E-state index contributed by atoms with van der Waals surface area (Å²) < 4.78 is 1.86. The lowest BCUT2D eigenvalue weighted by molar-refractivity contribution is 0.147. The molecule has 0 aliphatic carbocycles. The van der Waals surface area contributed by atoms with Crippen LogP contribution in [0, 0.1) is 0 Å². The fraction of sp³-hybridized carbons (Fsp3) is 0.200. The van der Waals surface area contributed by atoms with E-state index in [1.165, 1.54) is 0 Å². The molecule has 0 radical (unpaired) electrons. The van der Waals surface area contributed by atoms with Crippen LogP contribution >= 0.6 is 31.9 Å². The fourth-order valence-electron chi connectivity index (χ4n) is 2.13. The second-order valence-corrected chi connectivity index (χ2v) is 6.23. The predicted octanol–water partition coefficient (Wildman–Crippen LogP) is 3.99. The molecule has 0 aliphatic rings. The molecule has 19 heavy (non-hydrogen) atoms. The number of aliphatic hydroxyl groups excluding tert-OH is 1. The standard InChI is InChI=1S/C15H15Br2NO/c16-12-6-11(7-13(17)8-12)15(19)14(9-18)10-4-2-1-3-5-10/h1-8,14-15,19H,9,18H2. The molecule has 2 unspecified atom stereocenters. The lowest BCUT2D eigenvalue weighted by Crippen LogP contribution is -2.20. The van der Waals surface area contributed by atoms with E-state index in [0.29, 0.717) is 6.54 Å². The van der Waals surface area contributed by atoms with Crippen molar-refractivity contribution in [2.24, 2.45) is 5.73 Å². The zero-order chi connectivity index (χ0) is 13.8. The number of rotatable bonds is 4. The molecule has 0 saturated carbocycles. The first-order valence-electron chi connectivity index (χ1n) is 6.01. The Balaban J connectivity index is 2.33. The van der Waals surface area contributed by atoms with Crippen molar-refractivity contribution < 1.29 is 5.11 Å². The van der Waals surface area contributed by atoms with E-state index in [0.717, 1.165) is 20.1 Å². The van der Waals surface area contributed by atoms with E-state index in [1.807, 2.05) is 48.5 Å². The first kappa shape index (κ1) is 14.7. The van der Waals surface area contributed by atoms with Crippen molar-refractivity contribution in [2.75, 3.05) is 6.54 Å². The summed E-state index contributed by atoms with van der Waals surface area (Å²) in [5.74, 6) is -0.109. The van der Waals surface area contributed by atoms with Gasteiger partial charge in [0.25, 0.3) is 0 Å². The van der Waals surface area contributed by atoms with E-state index in [9.17, 15) is 5.11 Å². The van der Waals surface area contributed by atoms with E-state index in [2.05, 4.69) is 31.9 Å². The predicted molar refractivity (Wildman–Crippen MR) is 85.0 cm³/mol. The first-order chi connectivity index (χ1) is 9.11. The van der Waals surface area contributed by atoms with E-state index in [1.54, 1.807) is 0 Å². The van der Waals surface area contributed by atoms with Gasteiger partial charge in [-0.1, -0.05) is 62.2 Å². The molecule has 3 N–H and O–H groups in total. The zero-order valence-electron chi connectivity index (χ0n) is 10.3. The highest BCUT2D eigenvalue weighted by Gasteiger charge is 2.21. The molecule has 2 aromatic carbocycles. The van der Waals surface area contributed by atoms with Gasteiger partial charge in [-0.3, -0.25) is 0 Å². The van der Waals surface area contributed by atoms with Crippen molar-refractivity contribution >= 4 is 31.9 Å². The van der Waals surface area contributed by atoms with Crippen molar-refractivity contribution in [1.29, 1.82) is 0 Å². The van der Waals surface area contributed by atoms with Gasteiger partial charge >= 0.3 is 0 Å².